The zero-order valence-corrected chi connectivity index (χ0v) is 7.17. The Hall–Kier alpha value is -1.22. The van der Waals surface area contributed by atoms with Gasteiger partial charge < -0.3 is 5.32 Å². The number of hydrogen-bond donors (Lipinski definition) is 1. The highest BCUT2D eigenvalue weighted by Gasteiger charge is 2.12. The van der Waals surface area contributed by atoms with Crippen molar-refractivity contribution in [3.8, 4) is 0 Å². The maximum atomic E-state index is 12.6. The summed E-state index contributed by atoms with van der Waals surface area (Å²) in [6, 6.07) is 4.15. The summed E-state index contributed by atoms with van der Waals surface area (Å²) < 4.78 is 33.5. The summed E-state index contributed by atoms with van der Waals surface area (Å²) in [5.74, 6) is -0.816. The van der Waals surface area contributed by atoms with Gasteiger partial charge in [-0.3, -0.25) is 4.79 Å². The monoisotopic (exact) mass is 184 g/mol. The number of benzene rings is 1. The van der Waals surface area contributed by atoms with Gasteiger partial charge in [-0.15, -0.1) is 0 Å². The van der Waals surface area contributed by atoms with Crippen LogP contribution in [0.4, 0.5) is 4.39 Å². The molecule has 1 rings (SSSR count). The lowest BCUT2D eigenvalue weighted by atomic mass is 10.1. The van der Waals surface area contributed by atoms with Gasteiger partial charge in [-0.1, -0.05) is 0 Å². The van der Waals surface area contributed by atoms with Crippen LogP contribution in [0.25, 0.3) is 0 Å². The van der Waals surface area contributed by atoms with Crippen molar-refractivity contribution in [1.29, 1.82) is 0 Å². The molecule has 1 atom stereocenters. The van der Waals surface area contributed by atoms with Crippen LogP contribution in [0.5, 0.6) is 0 Å². The smallest absolute Gasteiger partial charge is 0.179 e. The van der Waals surface area contributed by atoms with Crippen molar-refractivity contribution >= 4 is 5.78 Å². The number of hydrogen-bond acceptors (Lipinski definition) is 2. The van der Waals surface area contributed by atoms with Crippen molar-refractivity contribution in [2.24, 2.45) is 0 Å². The molecular weight excluding hydrogens is 169 g/mol. The van der Waals surface area contributed by atoms with Gasteiger partial charge in [-0.05, 0) is 38.2 Å². The van der Waals surface area contributed by atoms with Crippen molar-refractivity contribution < 1.29 is 13.3 Å². The molecule has 1 unspecified atom stereocenters. The standard InChI is InChI=1S/C10H12FNO/c1-7(12-2)10(13)8-3-5-9(11)6-4-8/h3-7,12H,1-2H3/i2D3. The third-order valence-electron chi connectivity index (χ3n) is 1.74. The van der Waals surface area contributed by atoms with Crippen LogP contribution < -0.4 is 5.32 Å². The van der Waals surface area contributed by atoms with E-state index in [0.29, 0.717) is 0 Å². The fourth-order valence-corrected chi connectivity index (χ4v) is 0.930. The second-order valence-corrected chi connectivity index (χ2v) is 2.74. The Morgan fingerprint density at radius 1 is 1.54 bits per heavy atom. The van der Waals surface area contributed by atoms with Crippen molar-refractivity contribution in [3.63, 3.8) is 0 Å². The zero-order valence-electron chi connectivity index (χ0n) is 10.2. The van der Waals surface area contributed by atoms with Gasteiger partial charge in [0, 0.05) is 9.68 Å². The summed E-state index contributed by atoms with van der Waals surface area (Å²) in [5.41, 5.74) is 0.283. The Morgan fingerprint density at radius 3 is 2.69 bits per heavy atom. The van der Waals surface area contributed by atoms with Crippen LogP contribution in [0.1, 0.15) is 21.4 Å². The van der Waals surface area contributed by atoms with Gasteiger partial charge in [0.05, 0.1) is 6.04 Å². The number of halogens is 1. The number of carbonyl (C=O) groups is 1. The van der Waals surface area contributed by atoms with Crippen molar-refractivity contribution in [2.75, 3.05) is 6.98 Å². The largest absolute Gasteiger partial charge is 0.310 e. The fraction of sp³-hybridized carbons (Fsp3) is 0.300. The summed E-state index contributed by atoms with van der Waals surface area (Å²) in [5, 5.41) is 2.19. The van der Waals surface area contributed by atoms with Crippen LogP contribution in [0.3, 0.4) is 0 Å². The number of likely N-dealkylation sites (N-methyl/N-ethyl adjacent to an activating group) is 1. The Morgan fingerprint density at radius 2 is 2.15 bits per heavy atom. The Balaban J connectivity index is 2.74. The number of rotatable bonds is 3. The van der Waals surface area contributed by atoms with E-state index in [4.69, 9.17) is 4.11 Å². The molecule has 0 heterocycles. The summed E-state index contributed by atoms with van der Waals surface area (Å²) in [7, 11) is 0. The summed E-state index contributed by atoms with van der Waals surface area (Å²) in [6.45, 7) is -0.910. The molecule has 0 aliphatic heterocycles. The molecular formula is C10H12FNO. The van der Waals surface area contributed by atoms with E-state index in [1.807, 2.05) is 0 Å². The highest BCUT2D eigenvalue weighted by Crippen LogP contribution is 2.05. The molecule has 0 radical (unpaired) electrons. The number of nitrogens with one attached hydrogen (secondary N) is 1. The van der Waals surface area contributed by atoms with Gasteiger partial charge in [-0.25, -0.2) is 4.39 Å². The SMILES string of the molecule is [2H]C([2H])([2H])NC(C)C(=O)c1ccc(F)cc1. The summed E-state index contributed by atoms with van der Waals surface area (Å²) >= 11 is 0. The average Bonchev–Trinajstić information content (AvgIpc) is 2.15. The van der Waals surface area contributed by atoms with Crippen LogP contribution in [-0.4, -0.2) is 18.8 Å². The Kier molecular flexibility index (Phi) is 2.00. The predicted molar refractivity (Wildman–Crippen MR) is 49.3 cm³/mol. The maximum Gasteiger partial charge on any atom is 0.179 e. The number of ketones is 1. The molecule has 1 N–H and O–H groups in total. The minimum atomic E-state index is -2.37. The Labute approximate surface area is 81.0 Å². The van der Waals surface area contributed by atoms with E-state index in [2.05, 4.69) is 5.32 Å². The van der Waals surface area contributed by atoms with Crippen molar-refractivity contribution in [3.05, 3.63) is 35.6 Å². The molecule has 13 heavy (non-hydrogen) atoms. The molecule has 0 bridgehead atoms. The van der Waals surface area contributed by atoms with Gasteiger partial charge in [0.25, 0.3) is 0 Å². The maximum absolute atomic E-state index is 12.6. The molecule has 0 fully saturated rings. The van der Waals surface area contributed by atoms with E-state index >= 15 is 0 Å². The van der Waals surface area contributed by atoms with Crippen LogP contribution in [0, 0.1) is 5.82 Å². The molecule has 0 aliphatic carbocycles. The molecule has 70 valence electrons. The number of carbonyl (C=O) groups excluding carboxylic acids is 1. The second kappa shape index (κ2) is 4.14. The molecule has 0 saturated heterocycles. The highest BCUT2D eigenvalue weighted by atomic mass is 19.1. The topological polar surface area (TPSA) is 29.1 Å². The van der Waals surface area contributed by atoms with Crippen molar-refractivity contribution in [1.82, 2.24) is 5.32 Å². The summed E-state index contributed by atoms with van der Waals surface area (Å²) in [4.78, 5) is 11.7. The molecule has 2 nitrogen and oxygen atoms in total. The fourth-order valence-electron chi connectivity index (χ4n) is 0.930. The summed E-state index contributed by atoms with van der Waals surface area (Å²) in [6.07, 6.45) is 0. The molecule has 1 aromatic carbocycles. The molecule has 3 heteroatoms. The lowest BCUT2D eigenvalue weighted by Gasteiger charge is -2.08. The van der Waals surface area contributed by atoms with Crippen LogP contribution >= 0.6 is 0 Å². The number of Topliss-reactive ketones (excluding diaryl/α,β-unsaturated/α-hetero) is 1. The van der Waals surface area contributed by atoms with Crippen molar-refractivity contribution in [2.45, 2.75) is 13.0 Å². The molecule has 0 saturated carbocycles. The lowest BCUT2D eigenvalue weighted by Crippen LogP contribution is -2.30. The van der Waals surface area contributed by atoms with E-state index in [-0.39, 0.29) is 11.3 Å². The minimum Gasteiger partial charge on any atom is -0.310 e. The predicted octanol–water partition coefficient (Wildman–Crippen LogP) is 1.62. The molecule has 0 amide bonds. The second-order valence-electron chi connectivity index (χ2n) is 2.74. The van der Waals surface area contributed by atoms with Gasteiger partial charge in [-0.2, -0.15) is 0 Å². The first-order valence-electron chi connectivity index (χ1n) is 5.37. The van der Waals surface area contributed by atoms with Gasteiger partial charge >= 0.3 is 0 Å². The molecule has 0 spiro atoms. The third-order valence-corrected chi connectivity index (χ3v) is 1.74. The average molecular weight is 184 g/mol. The normalized spacial score (nSPS) is 16.9. The van der Waals surface area contributed by atoms with E-state index in [0.717, 1.165) is 12.1 Å². The minimum absolute atomic E-state index is 0.283. The highest BCUT2D eigenvalue weighted by molar-refractivity contribution is 5.99. The van der Waals surface area contributed by atoms with Gasteiger partial charge in [0.2, 0.25) is 0 Å². The van der Waals surface area contributed by atoms with Gasteiger partial charge in [0.1, 0.15) is 5.82 Å². The van der Waals surface area contributed by atoms with E-state index in [9.17, 15) is 9.18 Å². The molecule has 0 aliphatic rings. The van der Waals surface area contributed by atoms with E-state index in [1.165, 1.54) is 19.1 Å². The molecule has 0 aromatic heterocycles. The van der Waals surface area contributed by atoms with E-state index in [1.54, 1.807) is 0 Å². The van der Waals surface area contributed by atoms with E-state index < -0.39 is 18.8 Å². The van der Waals surface area contributed by atoms with Crippen LogP contribution in [-0.2, 0) is 0 Å². The quantitative estimate of drug-likeness (QED) is 0.723. The van der Waals surface area contributed by atoms with Crippen LogP contribution in [0.15, 0.2) is 24.3 Å². The third kappa shape index (κ3) is 2.36. The first-order chi connectivity index (χ1) is 7.29. The van der Waals surface area contributed by atoms with Crippen LogP contribution in [0.2, 0.25) is 0 Å². The first kappa shape index (κ1) is 6.27. The lowest BCUT2D eigenvalue weighted by molar-refractivity contribution is 0.0955. The first-order valence-corrected chi connectivity index (χ1v) is 3.87. The Bertz CT molecular complexity index is 375. The zero-order chi connectivity index (χ0) is 12.3. The van der Waals surface area contributed by atoms with Gasteiger partial charge in [0.15, 0.2) is 5.78 Å². The molecule has 1 aromatic rings.